The zero-order valence-electron chi connectivity index (χ0n) is 11.4. The van der Waals surface area contributed by atoms with Gasteiger partial charge in [0.2, 0.25) is 0 Å². The highest BCUT2D eigenvalue weighted by molar-refractivity contribution is 4.65. The quantitative estimate of drug-likeness (QED) is 0.554. The lowest BCUT2D eigenvalue weighted by Crippen LogP contribution is -2.26. The zero-order valence-corrected chi connectivity index (χ0v) is 11.4. The first-order chi connectivity index (χ1) is 7.72. The van der Waals surface area contributed by atoms with E-state index < -0.39 is 0 Å². The molecule has 16 heavy (non-hydrogen) atoms. The molecule has 0 spiro atoms. The van der Waals surface area contributed by atoms with Crippen LogP contribution in [0.3, 0.4) is 0 Å². The minimum Gasteiger partial charge on any atom is -0.382 e. The third kappa shape index (κ3) is 9.13. The summed E-state index contributed by atoms with van der Waals surface area (Å²) in [5.41, 5.74) is 0. The van der Waals surface area contributed by atoms with Crippen LogP contribution in [0.15, 0.2) is 0 Å². The Labute approximate surface area is 101 Å². The van der Waals surface area contributed by atoms with Gasteiger partial charge in [-0.2, -0.15) is 0 Å². The molecule has 1 N–H and O–H groups in total. The summed E-state index contributed by atoms with van der Waals surface area (Å²) in [5, 5.41) is 3.43. The van der Waals surface area contributed by atoms with E-state index in [-0.39, 0.29) is 0 Å². The van der Waals surface area contributed by atoms with Crippen LogP contribution >= 0.6 is 0 Å². The molecule has 98 valence electrons. The second-order valence-corrected chi connectivity index (χ2v) is 4.56. The monoisotopic (exact) mass is 231 g/mol. The fourth-order valence-corrected chi connectivity index (χ4v) is 1.69. The smallest absolute Gasteiger partial charge is 0.0700 e. The third-order valence-corrected chi connectivity index (χ3v) is 2.89. The van der Waals surface area contributed by atoms with Crippen molar-refractivity contribution in [2.45, 2.75) is 33.6 Å². The van der Waals surface area contributed by atoms with E-state index in [0.717, 1.165) is 44.6 Å². The summed E-state index contributed by atoms with van der Waals surface area (Å²) < 4.78 is 10.4. The molecule has 0 bridgehead atoms. The molecule has 0 aromatic rings. The first-order valence-electron chi connectivity index (χ1n) is 6.49. The number of methoxy groups -OCH3 is 1. The van der Waals surface area contributed by atoms with E-state index in [1.807, 2.05) is 0 Å². The maximum atomic E-state index is 5.46. The van der Waals surface area contributed by atoms with Crippen LogP contribution in [0.25, 0.3) is 0 Å². The first kappa shape index (κ1) is 15.9. The minimum absolute atomic E-state index is 0.699. The molecule has 0 fully saturated rings. The van der Waals surface area contributed by atoms with Crippen LogP contribution in [0.2, 0.25) is 0 Å². The fraction of sp³-hybridized carbons (Fsp3) is 1.00. The molecule has 1 unspecified atom stereocenters. The summed E-state index contributed by atoms with van der Waals surface area (Å²) in [5.74, 6) is 1.52. The van der Waals surface area contributed by atoms with Gasteiger partial charge in [-0.15, -0.1) is 0 Å². The molecule has 0 heterocycles. The van der Waals surface area contributed by atoms with Crippen LogP contribution in [0.1, 0.15) is 33.6 Å². The Kier molecular flexibility index (Phi) is 11.3. The summed E-state index contributed by atoms with van der Waals surface area (Å²) >= 11 is 0. The van der Waals surface area contributed by atoms with Crippen LogP contribution in [0, 0.1) is 11.8 Å². The molecule has 0 saturated heterocycles. The average Bonchev–Trinajstić information content (AvgIpc) is 2.26. The van der Waals surface area contributed by atoms with E-state index in [1.165, 1.54) is 6.42 Å². The molecule has 0 rings (SSSR count). The Morgan fingerprint density at radius 2 is 1.88 bits per heavy atom. The number of ether oxygens (including phenoxy) is 2. The summed E-state index contributed by atoms with van der Waals surface area (Å²) in [6.45, 7) is 11.2. The summed E-state index contributed by atoms with van der Waals surface area (Å²) in [4.78, 5) is 0. The number of rotatable bonds is 11. The average molecular weight is 231 g/mol. The van der Waals surface area contributed by atoms with E-state index in [4.69, 9.17) is 9.47 Å². The van der Waals surface area contributed by atoms with E-state index in [2.05, 4.69) is 26.1 Å². The van der Waals surface area contributed by atoms with E-state index in [1.54, 1.807) is 7.11 Å². The molecule has 3 nitrogen and oxygen atoms in total. The predicted molar refractivity (Wildman–Crippen MR) is 68.8 cm³/mol. The zero-order chi connectivity index (χ0) is 12.2. The van der Waals surface area contributed by atoms with Crippen molar-refractivity contribution in [1.82, 2.24) is 5.32 Å². The van der Waals surface area contributed by atoms with Crippen LogP contribution in [0.5, 0.6) is 0 Å². The van der Waals surface area contributed by atoms with Gasteiger partial charge in [-0.3, -0.25) is 0 Å². The molecular weight excluding hydrogens is 202 g/mol. The van der Waals surface area contributed by atoms with Gasteiger partial charge in [-0.25, -0.2) is 0 Å². The van der Waals surface area contributed by atoms with Crippen molar-refractivity contribution in [3.05, 3.63) is 0 Å². The molecule has 0 saturated carbocycles. The molecule has 0 aromatic heterocycles. The molecule has 0 aliphatic rings. The normalized spacial score (nSPS) is 13.3. The summed E-state index contributed by atoms with van der Waals surface area (Å²) in [7, 11) is 1.70. The van der Waals surface area contributed by atoms with Gasteiger partial charge >= 0.3 is 0 Å². The number of hydrogen-bond acceptors (Lipinski definition) is 3. The minimum atomic E-state index is 0.699. The standard InChI is InChI=1S/C13H29NO2/c1-5-14-11-13(12(2)3)7-6-8-16-10-9-15-4/h12-14H,5-11H2,1-4H3. The number of nitrogens with one attached hydrogen (secondary N) is 1. The van der Waals surface area contributed by atoms with Crippen LogP contribution in [-0.4, -0.2) is 40.0 Å². The number of hydrogen-bond donors (Lipinski definition) is 1. The predicted octanol–water partition coefficient (Wildman–Crippen LogP) is 2.31. The van der Waals surface area contributed by atoms with Gasteiger partial charge in [0.1, 0.15) is 0 Å². The highest BCUT2D eigenvalue weighted by Gasteiger charge is 2.11. The van der Waals surface area contributed by atoms with Crippen molar-refractivity contribution in [2.24, 2.45) is 11.8 Å². The summed E-state index contributed by atoms with van der Waals surface area (Å²) in [6, 6.07) is 0. The van der Waals surface area contributed by atoms with Crippen LogP contribution in [-0.2, 0) is 9.47 Å². The lowest BCUT2D eigenvalue weighted by atomic mass is 9.91. The van der Waals surface area contributed by atoms with Crippen molar-refractivity contribution >= 4 is 0 Å². The molecule has 0 aromatic carbocycles. The van der Waals surface area contributed by atoms with Gasteiger partial charge in [-0.05, 0) is 37.8 Å². The molecule has 0 radical (unpaired) electrons. The topological polar surface area (TPSA) is 30.5 Å². The highest BCUT2D eigenvalue weighted by atomic mass is 16.5. The highest BCUT2D eigenvalue weighted by Crippen LogP contribution is 2.16. The Hall–Kier alpha value is -0.120. The van der Waals surface area contributed by atoms with E-state index in [9.17, 15) is 0 Å². The van der Waals surface area contributed by atoms with Gasteiger partial charge in [0.05, 0.1) is 13.2 Å². The van der Waals surface area contributed by atoms with Gasteiger partial charge in [-0.1, -0.05) is 20.8 Å². The van der Waals surface area contributed by atoms with Gasteiger partial charge in [0.15, 0.2) is 0 Å². The fourth-order valence-electron chi connectivity index (χ4n) is 1.69. The Balaban J connectivity index is 3.44. The van der Waals surface area contributed by atoms with E-state index >= 15 is 0 Å². The lowest BCUT2D eigenvalue weighted by molar-refractivity contribution is 0.0663. The van der Waals surface area contributed by atoms with Gasteiger partial charge in [0, 0.05) is 13.7 Å². The Morgan fingerprint density at radius 1 is 1.12 bits per heavy atom. The second-order valence-electron chi connectivity index (χ2n) is 4.56. The van der Waals surface area contributed by atoms with Crippen LogP contribution in [0.4, 0.5) is 0 Å². The van der Waals surface area contributed by atoms with Gasteiger partial charge in [0.25, 0.3) is 0 Å². The Morgan fingerprint density at radius 3 is 2.44 bits per heavy atom. The van der Waals surface area contributed by atoms with Crippen molar-refractivity contribution < 1.29 is 9.47 Å². The molecule has 3 heteroatoms. The summed E-state index contributed by atoms with van der Waals surface area (Å²) in [6.07, 6.45) is 2.40. The van der Waals surface area contributed by atoms with Crippen LogP contribution < -0.4 is 5.32 Å². The largest absolute Gasteiger partial charge is 0.382 e. The lowest BCUT2D eigenvalue weighted by Gasteiger charge is -2.21. The molecule has 0 aliphatic heterocycles. The van der Waals surface area contributed by atoms with Crippen molar-refractivity contribution in [3.63, 3.8) is 0 Å². The molecular formula is C13H29NO2. The third-order valence-electron chi connectivity index (χ3n) is 2.89. The maximum absolute atomic E-state index is 5.46. The maximum Gasteiger partial charge on any atom is 0.0700 e. The molecule has 1 atom stereocenters. The Bertz CT molecular complexity index is 140. The second kappa shape index (κ2) is 11.4. The first-order valence-corrected chi connectivity index (χ1v) is 6.49. The molecule has 0 aliphatic carbocycles. The SMILES string of the molecule is CCNCC(CCCOCCOC)C(C)C. The van der Waals surface area contributed by atoms with Crippen molar-refractivity contribution in [1.29, 1.82) is 0 Å². The van der Waals surface area contributed by atoms with Crippen molar-refractivity contribution in [2.75, 3.05) is 40.0 Å². The molecule has 0 amide bonds. The van der Waals surface area contributed by atoms with Gasteiger partial charge < -0.3 is 14.8 Å². The van der Waals surface area contributed by atoms with E-state index in [0.29, 0.717) is 6.61 Å². The van der Waals surface area contributed by atoms with Crippen molar-refractivity contribution in [3.8, 4) is 0 Å².